The van der Waals surface area contributed by atoms with Crippen LogP contribution in [-0.4, -0.2) is 28.2 Å². The topological polar surface area (TPSA) is 46.1 Å². The Bertz CT molecular complexity index is 833. The minimum absolute atomic E-state index is 0.0893. The first-order valence-corrected chi connectivity index (χ1v) is 9.74. The van der Waals surface area contributed by atoms with E-state index in [4.69, 9.17) is 0 Å². The summed E-state index contributed by atoms with van der Waals surface area (Å²) in [6, 6.07) is 11.9. The number of para-hydroxylation sites is 1. The van der Waals surface area contributed by atoms with Crippen molar-refractivity contribution >= 4 is 44.9 Å². The number of carbonyl (C=O) groups is 1. The Morgan fingerprint density at radius 2 is 2.00 bits per heavy atom. The standard InChI is InChI=1S/C18H19N3OS2/c1-3-14-10-15-17(19-12-20-18(15)24-14)23-11-16(22)21(4-2)13-8-6-5-7-9-13/h5-10,12H,3-4,11H2,1-2H3. The van der Waals surface area contributed by atoms with Gasteiger partial charge in [0.2, 0.25) is 5.91 Å². The summed E-state index contributed by atoms with van der Waals surface area (Å²) < 4.78 is 0. The number of aromatic nitrogens is 2. The Morgan fingerprint density at radius 1 is 1.21 bits per heavy atom. The van der Waals surface area contributed by atoms with Crippen molar-refractivity contribution in [2.75, 3.05) is 17.2 Å². The van der Waals surface area contributed by atoms with Crippen LogP contribution >= 0.6 is 23.1 Å². The molecule has 0 fully saturated rings. The number of carbonyl (C=O) groups excluding carboxylic acids is 1. The van der Waals surface area contributed by atoms with Crippen LogP contribution in [0.3, 0.4) is 0 Å². The number of fused-ring (bicyclic) bond motifs is 1. The maximum atomic E-state index is 12.6. The number of rotatable bonds is 6. The molecule has 6 heteroatoms. The zero-order valence-electron chi connectivity index (χ0n) is 13.7. The normalized spacial score (nSPS) is 10.9. The minimum Gasteiger partial charge on any atom is -0.312 e. The summed E-state index contributed by atoms with van der Waals surface area (Å²) >= 11 is 3.18. The Kier molecular flexibility index (Phi) is 5.48. The molecule has 0 saturated carbocycles. The lowest BCUT2D eigenvalue weighted by Crippen LogP contribution is -2.32. The van der Waals surface area contributed by atoms with E-state index >= 15 is 0 Å². The van der Waals surface area contributed by atoms with Crippen molar-refractivity contribution in [3.63, 3.8) is 0 Å². The first-order valence-electron chi connectivity index (χ1n) is 7.94. The van der Waals surface area contributed by atoms with E-state index in [0.29, 0.717) is 12.3 Å². The molecule has 4 nitrogen and oxygen atoms in total. The van der Waals surface area contributed by atoms with Crippen LogP contribution in [-0.2, 0) is 11.2 Å². The highest BCUT2D eigenvalue weighted by Crippen LogP contribution is 2.31. The van der Waals surface area contributed by atoms with Crippen molar-refractivity contribution in [1.29, 1.82) is 0 Å². The van der Waals surface area contributed by atoms with Gasteiger partial charge in [0.1, 0.15) is 16.2 Å². The molecule has 0 aliphatic rings. The van der Waals surface area contributed by atoms with Crippen LogP contribution in [0.15, 0.2) is 47.8 Å². The van der Waals surface area contributed by atoms with Gasteiger partial charge in [-0.2, -0.15) is 0 Å². The second kappa shape index (κ2) is 7.77. The predicted molar refractivity (Wildman–Crippen MR) is 102 cm³/mol. The number of thiophene rings is 1. The number of hydrogen-bond donors (Lipinski definition) is 0. The smallest absolute Gasteiger partial charge is 0.237 e. The zero-order valence-corrected chi connectivity index (χ0v) is 15.4. The fraction of sp³-hybridized carbons (Fsp3) is 0.278. The van der Waals surface area contributed by atoms with E-state index in [9.17, 15) is 4.79 Å². The molecule has 1 amide bonds. The number of aryl methyl sites for hydroxylation is 1. The van der Waals surface area contributed by atoms with Crippen LogP contribution in [0, 0.1) is 0 Å². The second-order valence-electron chi connectivity index (χ2n) is 5.23. The molecular weight excluding hydrogens is 338 g/mol. The van der Waals surface area contributed by atoms with Gasteiger partial charge in [0.15, 0.2) is 0 Å². The van der Waals surface area contributed by atoms with Gasteiger partial charge in [-0.1, -0.05) is 36.9 Å². The molecule has 0 atom stereocenters. The average Bonchev–Trinajstić information content (AvgIpc) is 3.05. The molecule has 0 saturated heterocycles. The van der Waals surface area contributed by atoms with E-state index in [1.807, 2.05) is 37.3 Å². The number of hydrogen-bond acceptors (Lipinski definition) is 5. The van der Waals surface area contributed by atoms with E-state index < -0.39 is 0 Å². The number of thioether (sulfide) groups is 1. The molecule has 0 spiro atoms. The third-order valence-electron chi connectivity index (χ3n) is 3.71. The Hall–Kier alpha value is -1.92. The molecule has 0 aliphatic heterocycles. The van der Waals surface area contributed by atoms with Crippen molar-refractivity contribution in [3.8, 4) is 0 Å². The predicted octanol–water partition coefficient (Wildman–Crippen LogP) is 4.40. The maximum Gasteiger partial charge on any atom is 0.237 e. The molecule has 3 aromatic rings. The third-order valence-corrected chi connectivity index (χ3v) is 5.89. The Balaban J connectivity index is 1.75. The highest BCUT2D eigenvalue weighted by molar-refractivity contribution is 8.00. The van der Waals surface area contributed by atoms with Gasteiger partial charge in [-0.05, 0) is 31.5 Å². The van der Waals surface area contributed by atoms with Crippen molar-refractivity contribution in [3.05, 3.63) is 47.6 Å². The summed E-state index contributed by atoms with van der Waals surface area (Å²) in [6.07, 6.45) is 2.57. The van der Waals surface area contributed by atoms with Gasteiger partial charge < -0.3 is 4.90 Å². The molecule has 1 aromatic carbocycles. The van der Waals surface area contributed by atoms with Crippen molar-refractivity contribution in [1.82, 2.24) is 9.97 Å². The largest absolute Gasteiger partial charge is 0.312 e. The van der Waals surface area contributed by atoms with Crippen LogP contribution < -0.4 is 4.90 Å². The van der Waals surface area contributed by atoms with Gasteiger partial charge in [0, 0.05) is 22.5 Å². The zero-order chi connectivity index (χ0) is 16.9. The Morgan fingerprint density at radius 3 is 2.71 bits per heavy atom. The number of anilines is 1. The molecule has 0 unspecified atom stereocenters. The first-order chi connectivity index (χ1) is 11.7. The summed E-state index contributed by atoms with van der Waals surface area (Å²) in [7, 11) is 0. The molecule has 3 rings (SSSR count). The molecule has 0 bridgehead atoms. The number of amides is 1. The molecule has 2 aromatic heterocycles. The fourth-order valence-corrected chi connectivity index (χ4v) is 4.34. The monoisotopic (exact) mass is 357 g/mol. The van der Waals surface area contributed by atoms with Crippen molar-refractivity contribution < 1.29 is 4.79 Å². The molecule has 0 N–H and O–H groups in total. The summed E-state index contributed by atoms with van der Waals surface area (Å²) in [6.45, 7) is 4.78. The quantitative estimate of drug-likeness (QED) is 0.484. The summed E-state index contributed by atoms with van der Waals surface area (Å²) in [5.74, 6) is 0.456. The van der Waals surface area contributed by atoms with Crippen LogP contribution in [0.5, 0.6) is 0 Å². The van der Waals surface area contributed by atoms with Crippen LogP contribution in [0.2, 0.25) is 0 Å². The van der Waals surface area contributed by atoms with Crippen LogP contribution in [0.1, 0.15) is 18.7 Å². The van der Waals surface area contributed by atoms with Gasteiger partial charge in [0.05, 0.1) is 5.75 Å². The summed E-state index contributed by atoms with van der Waals surface area (Å²) in [5, 5.41) is 1.94. The second-order valence-corrected chi connectivity index (χ2v) is 7.31. The van der Waals surface area contributed by atoms with Crippen molar-refractivity contribution in [2.45, 2.75) is 25.3 Å². The van der Waals surface area contributed by atoms with E-state index in [1.54, 1.807) is 22.6 Å². The molecular formula is C18H19N3OS2. The SMILES string of the molecule is CCc1cc2c(SCC(=O)N(CC)c3ccccc3)ncnc2s1. The van der Waals surface area contributed by atoms with Gasteiger partial charge in [0.25, 0.3) is 0 Å². The maximum absolute atomic E-state index is 12.6. The number of nitrogens with zero attached hydrogens (tertiary/aromatic N) is 3. The third kappa shape index (κ3) is 3.60. The fourth-order valence-electron chi connectivity index (χ4n) is 2.49. The Labute approximate surface area is 149 Å². The van der Waals surface area contributed by atoms with Crippen LogP contribution in [0.25, 0.3) is 10.2 Å². The summed E-state index contributed by atoms with van der Waals surface area (Å²) in [5.41, 5.74) is 0.933. The van der Waals surface area contributed by atoms with E-state index in [-0.39, 0.29) is 5.91 Å². The van der Waals surface area contributed by atoms with Gasteiger partial charge in [-0.25, -0.2) is 9.97 Å². The lowest BCUT2D eigenvalue weighted by Gasteiger charge is -2.20. The highest BCUT2D eigenvalue weighted by atomic mass is 32.2. The average molecular weight is 358 g/mol. The van der Waals surface area contributed by atoms with Gasteiger partial charge in [-0.15, -0.1) is 11.3 Å². The number of benzene rings is 1. The van der Waals surface area contributed by atoms with Gasteiger partial charge in [-0.3, -0.25) is 4.79 Å². The lowest BCUT2D eigenvalue weighted by molar-refractivity contribution is -0.116. The molecule has 124 valence electrons. The van der Waals surface area contributed by atoms with Crippen molar-refractivity contribution in [2.24, 2.45) is 0 Å². The molecule has 0 radical (unpaired) electrons. The van der Waals surface area contributed by atoms with E-state index in [1.165, 1.54) is 16.6 Å². The highest BCUT2D eigenvalue weighted by Gasteiger charge is 2.16. The minimum atomic E-state index is 0.0893. The molecule has 24 heavy (non-hydrogen) atoms. The van der Waals surface area contributed by atoms with Crippen LogP contribution in [0.4, 0.5) is 5.69 Å². The van der Waals surface area contributed by atoms with Gasteiger partial charge >= 0.3 is 0 Å². The lowest BCUT2D eigenvalue weighted by atomic mass is 10.3. The van der Waals surface area contributed by atoms with E-state index in [0.717, 1.165) is 27.4 Å². The summed E-state index contributed by atoms with van der Waals surface area (Å²) in [4.78, 5) is 25.4. The molecule has 2 heterocycles. The molecule has 0 aliphatic carbocycles. The first kappa shape index (κ1) is 16.9. The van der Waals surface area contributed by atoms with E-state index in [2.05, 4.69) is 23.0 Å².